The molecule has 3 rings (SSSR count). The zero-order valence-corrected chi connectivity index (χ0v) is 18.6. The third-order valence-electron chi connectivity index (χ3n) is 5.46. The lowest BCUT2D eigenvalue weighted by Gasteiger charge is -2.19. The maximum absolute atomic E-state index is 4.30. The second-order valence-corrected chi connectivity index (χ2v) is 7.98. The molecule has 0 heteroatoms. The molecule has 0 aromatic heterocycles. The maximum atomic E-state index is 4.30. The van der Waals surface area contributed by atoms with E-state index in [4.69, 9.17) is 0 Å². The summed E-state index contributed by atoms with van der Waals surface area (Å²) in [6.45, 7) is 19.1. The smallest absolute Gasteiger partial charge is 0.0144 e. The minimum Gasteiger partial charge on any atom is -0.0955 e. The van der Waals surface area contributed by atoms with Crippen molar-refractivity contribution in [2.24, 2.45) is 0 Å². The Labute approximate surface area is 177 Å². The number of hydrogen-bond acceptors (Lipinski definition) is 0. The highest BCUT2D eigenvalue weighted by Crippen LogP contribution is 2.32. The maximum Gasteiger partial charge on any atom is -0.0144 e. The lowest BCUT2D eigenvalue weighted by molar-refractivity contribution is 0.789. The van der Waals surface area contributed by atoms with E-state index in [-0.39, 0.29) is 0 Å². The van der Waals surface area contributed by atoms with Crippen LogP contribution in [0.25, 0.3) is 11.1 Å². The van der Waals surface area contributed by atoms with Crippen LogP contribution in [0.1, 0.15) is 59.6 Å². The molecule has 0 fully saturated rings. The topological polar surface area (TPSA) is 0 Å². The molecule has 0 saturated heterocycles. The van der Waals surface area contributed by atoms with Crippen LogP contribution in [0.3, 0.4) is 0 Å². The molecule has 0 spiro atoms. The quantitative estimate of drug-likeness (QED) is 0.414. The van der Waals surface area contributed by atoms with Crippen molar-refractivity contribution in [1.29, 1.82) is 0 Å². The van der Waals surface area contributed by atoms with Crippen molar-refractivity contribution < 1.29 is 0 Å². The van der Waals surface area contributed by atoms with Gasteiger partial charge in [0, 0.05) is 0 Å². The van der Waals surface area contributed by atoms with Gasteiger partial charge >= 0.3 is 0 Å². The second kappa shape index (κ2) is 10.6. The fraction of sp³-hybridized carbons (Fsp3) is 0.241. The van der Waals surface area contributed by atoms with Crippen LogP contribution in [-0.2, 0) is 0 Å². The van der Waals surface area contributed by atoms with E-state index in [0.29, 0.717) is 5.92 Å². The Bertz CT molecular complexity index is 954. The molecule has 1 atom stereocenters. The van der Waals surface area contributed by atoms with Gasteiger partial charge < -0.3 is 0 Å². The predicted octanol–water partition coefficient (Wildman–Crippen LogP) is 8.54. The molecule has 3 aromatic rings. The van der Waals surface area contributed by atoms with Crippen LogP contribution in [0.2, 0.25) is 0 Å². The normalized spacial score (nSPS) is 11.2. The lowest BCUT2D eigenvalue weighted by atomic mass is 9.86. The molecular formula is C29H34. The number of allylic oxidation sites excluding steroid dienone is 2. The molecule has 0 heterocycles. The highest BCUT2D eigenvalue weighted by Gasteiger charge is 2.13. The van der Waals surface area contributed by atoms with Gasteiger partial charge in [-0.25, -0.2) is 0 Å². The predicted molar refractivity (Wildman–Crippen MR) is 130 cm³/mol. The monoisotopic (exact) mass is 382 g/mol. The zero-order chi connectivity index (χ0) is 21.4. The summed E-state index contributed by atoms with van der Waals surface area (Å²) in [5.74, 6) is 0.435. The minimum absolute atomic E-state index is 0.435. The first-order valence-corrected chi connectivity index (χ1v) is 10.3. The number of rotatable bonds is 5. The fourth-order valence-corrected chi connectivity index (χ4v) is 3.54. The van der Waals surface area contributed by atoms with Crippen molar-refractivity contribution >= 4 is 11.1 Å². The van der Waals surface area contributed by atoms with Crippen molar-refractivity contribution in [3.63, 3.8) is 0 Å². The van der Waals surface area contributed by atoms with Gasteiger partial charge in [-0.2, -0.15) is 0 Å². The Balaban J connectivity index is 0.000000313. The zero-order valence-electron chi connectivity index (χ0n) is 18.6. The molecule has 0 N–H and O–H groups in total. The lowest BCUT2D eigenvalue weighted by Crippen LogP contribution is -2.00. The minimum atomic E-state index is 0.435. The van der Waals surface area contributed by atoms with Crippen LogP contribution in [0, 0.1) is 20.8 Å². The molecule has 0 aliphatic rings. The average Bonchev–Trinajstić information content (AvgIpc) is 2.71. The molecule has 150 valence electrons. The molecule has 1 unspecified atom stereocenters. The number of hydrogen-bond donors (Lipinski definition) is 0. The van der Waals surface area contributed by atoms with E-state index < -0.39 is 0 Å². The van der Waals surface area contributed by atoms with Gasteiger partial charge in [0.1, 0.15) is 0 Å². The van der Waals surface area contributed by atoms with Gasteiger partial charge in [0.05, 0.1) is 0 Å². The van der Waals surface area contributed by atoms with E-state index in [0.717, 1.165) is 12.0 Å². The summed E-state index contributed by atoms with van der Waals surface area (Å²) in [5.41, 5.74) is 10.3. The van der Waals surface area contributed by atoms with E-state index in [1.165, 1.54) is 39.0 Å². The second-order valence-electron chi connectivity index (χ2n) is 7.98. The van der Waals surface area contributed by atoms with Gasteiger partial charge in [-0.1, -0.05) is 98.5 Å². The largest absolute Gasteiger partial charge is 0.0955 e. The molecule has 0 radical (unpaired) electrons. The van der Waals surface area contributed by atoms with Crippen molar-refractivity contribution in [3.8, 4) is 0 Å². The van der Waals surface area contributed by atoms with E-state index in [2.05, 4.69) is 121 Å². The van der Waals surface area contributed by atoms with Gasteiger partial charge in [0.15, 0.2) is 0 Å². The van der Waals surface area contributed by atoms with Crippen molar-refractivity contribution in [2.45, 2.75) is 47.0 Å². The Morgan fingerprint density at radius 3 is 1.62 bits per heavy atom. The van der Waals surface area contributed by atoms with E-state index in [1.807, 2.05) is 0 Å². The summed E-state index contributed by atoms with van der Waals surface area (Å²) in [4.78, 5) is 0. The van der Waals surface area contributed by atoms with Crippen LogP contribution in [-0.4, -0.2) is 0 Å². The molecule has 0 bridgehead atoms. The molecule has 0 amide bonds. The Kier molecular flexibility index (Phi) is 8.21. The van der Waals surface area contributed by atoms with Crippen LogP contribution >= 0.6 is 0 Å². The summed E-state index contributed by atoms with van der Waals surface area (Å²) >= 11 is 0. The standard InChI is InChI=1S/C21H24.C8H10/c1-15(2)19-11-8-9-13-21(19)18(5)14-17(4)20-12-7-6-10-16(20)3;1-7-5-3-4-6-8(7)2/h6-13,18H,1,4,14H2,2-3,5H3;3-6H,1-2H3. The van der Waals surface area contributed by atoms with Gasteiger partial charge in [0.2, 0.25) is 0 Å². The van der Waals surface area contributed by atoms with Crippen LogP contribution in [0.5, 0.6) is 0 Å². The Morgan fingerprint density at radius 1 is 0.690 bits per heavy atom. The molecule has 0 aliphatic heterocycles. The van der Waals surface area contributed by atoms with Crippen molar-refractivity contribution in [2.75, 3.05) is 0 Å². The van der Waals surface area contributed by atoms with Crippen molar-refractivity contribution in [3.05, 3.63) is 119 Å². The third-order valence-corrected chi connectivity index (χ3v) is 5.46. The van der Waals surface area contributed by atoms with Gasteiger partial charge in [-0.05, 0) is 79.0 Å². The van der Waals surface area contributed by atoms with Gasteiger partial charge in [-0.15, -0.1) is 0 Å². The van der Waals surface area contributed by atoms with Crippen LogP contribution in [0.4, 0.5) is 0 Å². The Hall–Kier alpha value is -2.86. The highest BCUT2D eigenvalue weighted by atomic mass is 14.2. The molecule has 29 heavy (non-hydrogen) atoms. The van der Waals surface area contributed by atoms with E-state index in [1.54, 1.807) is 0 Å². The Morgan fingerprint density at radius 2 is 1.14 bits per heavy atom. The van der Waals surface area contributed by atoms with E-state index >= 15 is 0 Å². The molecule has 3 aromatic carbocycles. The average molecular weight is 383 g/mol. The molecule has 0 nitrogen and oxygen atoms in total. The third kappa shape index (κ3) is 6.32. The summed E-state index contributed by atoms with van der Waals surface area (Å²) in [7, 11) is 0. The highest BCUT2D eigenvalue weighted by molar-refractivity contribution is 5.69. The van der Waals surface area contributed by atoms with Gasteiger partial charge in [0.25, 0.3) is 0 Å². The molecule has 0 aliphatic carbocycles. The summed E-state index contributed by atoms with van der Waals surface area (Å²) in [6, 6.07) is 25.4. The van der Waals surface area contributed by atoms with Crippen LogP contribution in [0.15, 0.2) is 86.0 Å². The summed E-state index contributed by atoms with van der Waals surface area (Å²) in [6.07, 6.45) is 0.967. The van der Waals surface area contributed by atoms with Crippen molar-refractivity contribution in [1.82, 2.24) is 0 Å². The SMILES string of the molecule is C=C(CC(C)c1ccccc1C(=C)C)c1ccccc1C.Cc1ccccc1C. The first kappa shape index (κ1) is 22.4. The first-order valence-electron chi connectivity index (χ1n) is 10.3. The number of benzene rings is 3. The fourth-order valence-electron chi connectivity index (χ4n) is 3.54. The number of aryl methyl sites for hydroxylation is 3. The van der Waals surface area contributed by atoms with E-state index in [9.17, 15) is 0 Å². The van der Waals surface area contributed by atoms with Crippen LogP contribution < -0.4 is 0 Å². The molecular weight excluding hydrogens is 348 g/mol. The summed E-state index contributed by atoms with van der Waals surface area (Å²) < 4.78 is 0. The van der Waals surface area contributed by atoms with Gasteiger partial charge in [-0.3, -0.25) is 0 Å². The summed E-state index contributed by atoms with van der Waals surface area (Å²) in [5, 5.41) is 0. The molecule has 0 saturated carbocycles. The first-order chi connectivity index (χ1) is 13.8.